The van der Waals surface area contributed by atoms with Crippen LogP contribution in [0.5, 0.6) is 0 Å². The Labute approximate surface area is 109 Å². The zero-order chi connectivity index (χ0) is 13.1. The highest BCUT2D eigenvalue weighted by atomic mass is 16.4. The number of aliphatic carboxylic acids is 1. The summed E-state index contributed by atoms with van der Waals surface area (Å²) in [6.07, 6.45) is 4.60. The van der Waals surface area contributed by atoms with Crippen molar-refractivity contribution < 1.29 is 9.90 Å². The van der Waals surface area contributed by atoms with Crippen LogP contribution in [0.4, 0.5) is 0 Å². The fourth-order valence-electron chi connectivity index (χ4n) is 3.00. The van der Waals surface area contributed by atoms with E-state index in [-0.39, 0.29) is 11.8 Å². The van der Waals surface area contributed by atoms with Crippen LogP contribution in [0.25, 0.3) is 0 Å². The summed E-state index contributed by atoms with van der Waals surface area (Å²) in [5, 5.41) is 9.08. The fraction of sp³-hybridized carbons (Fsp3) is 0.562. The van der Waals surface area contributed by atoms with Gasteiger partial charge in [-0.25, -0.2) is 0 Å². The summed E-state index contributed by atoms with van der Waals surface area (Å²) >= 11 is 0. The molecule has 0 bridgehead atoms. The molecule has 1 aliphatic carbocycles. The number of hydrogen-bond acceptors (Lipinski definition) is 1. The number of hydrogen-bond donors (Lipinski definition) is 1. The van der Waals surface area contributed by atoms with E-state index in [0.29, 0.717) is 5.92 Å². The molecule has 18 heavy (non-hydrogen) atoms. The predicted molar refractivity (Wildman–Crippen MR) is 72.7 cm³/mol. The van der Waals surface area contributed by atoms with E-state index in [4.69, 9.17) is 5.11 Å². The lowest BCUT2D eigenvalue weighted by Gasteiger charge is -2.29. The first kappa shape index (κ1) is 13.1. The molecule has 0 radical (unpaired) electrons. The Kier molecular flexibility index (Phi) is 4.05. The average Bonchev–Trinajstić information content (AvgIpc) is 2.38. The number of carboxylic acid groups (broad SMARTS) is 1. The number of aryl methyl sites for hydroxylation is 1. The van der Waals surface area contributed by atoms with E-state index in [9.17, 15) is 4.79 Å². The third-order valence-corrected chi connectivity index (χ3v) is 4.39. The first-order valence-electron chi connectivity index (χ1n) is 6.90. The Morgan fingerprint density at radius 3 is 2.83 bits per heavy atom. The lowest BCUT2D eigenvalue weighted by molar-refractivity contribution is -0.142. The van der Waals surface area contributed by atoms with E-state index in [1.807, 2.05) is 6.92 Å². The smallest absolute Gasteiger partial charge is 0.306 e. The van der Waals surface area contributed by atoms with E-state index < -0.39 is 5.97 Å². The van der Waals surface area contributed by atoms with Gasteiger partial charge in [-0.3, -0.25) is 4.79 Å². The highest BCUT2D eigenvalue weighted by molar-refractivity contribution is 5.69. The summed E-state index contributed by atoms with van der Waals surface area (Å²) < 4.78 is 0. The minimum atomic E-state index is -0.674. The first-order valence-corrected chi connectivity index (χ1v) is 6.90. The molecule has 1 aliphatic rings. The molecule has 1 N–H and O–H groups in total. The van der Waals surface area contributed by atoms with Gasteiger partial charge < -0.3 is 5.11 Å². The normalized spacial score (nSPS) is 22.0. The average molecular weight is 246 g/mol. The van der Waals surface area contributed by atoms with Gasteiger partial charge in [-0.15, -0.1) is 0 Å². The molecule has 0 heterocycles. The van der Waals surface area contributed by atoms with Gasteiger partial charge >= 0.3 is 5.97 Å². The predicted octanol–water partition coefficient (Wildman–Crippen LogP) is 3.85. The fourth-order valence-corrected chi connectivity index (χ4v) is 3.00. The van der Waals surface area contributed by atoms with Gasteiger partial charge in [0, 0.05) is 0 Å². The quantitative estimate of drug-likeness (QED) is 0.876. The Hall–Kier alpha value is -1.31. The molecule has 0 spiro atoms. The van der Waals surface area contributed by atoms with Crippen molar-refractivity contribution in [3.8, 4) is 0 Å². The minimum absolute atomic E-state index is 0.235. The first-order chi connectivity index (χ1) is 8.59. The molecule has 0 aliphatic heterocycles. The van der Waals surface area contributed by atoms with Gasteiger partial charge in [0.25, 0.3) is 0 Å². The monoisotopic (exact) mass is 246 g/mol. The largest absolute Gasteiger partial charge is 0.481 e. The molecule has 2 rings (SSSR count). The second kappa shape index (κ2) is 5.55. The number of benzene rings is 1. The molecule has 2 nitrogen and oxygen atoms in total. The van der Waals surface area contributed by atoms with Gasteiger partial charge in [-0.05, 0) is 48.6 Å². The minimum Gasteiger partial charge on any atom is -0.481 e. The Balaban J connectivity index is 2.09. The molecule has 2 heteroatoms. The third-order valence-electron chi connectivity index (χ3n) is 4.39. The molecule has 0 saturated carbocycles. The van der Waals surface area contributed by atoms with Crippen LogP contribution >= 0.6 is 0 Å². The summed E-state index contributed by atoms with van der Waals surface area (Å²) in [6, 6.07) is 8.64. The second-order valence-electron chi connectivity index (χ2n) is 5.63. The van der Waals surface area contributed by atoms with Crippen molar-refractivity contribution in [1.82, 2.24) is 0 Å². The van der Waals surface area contributed by atoms with Crippen LogP contribution in [-0.2, 0) is 11.2 Å². The van der Waals surface area contributed by atoms with E-state index in [2.05, 4.69) is 31.2 Å². The van der Waals surface area contributed by atoms with Crippen molar-refractivity contribution in [3.05, 3.63) is 35.4 Å². The van der Waals surface area contributed by atoms with Gasteiger partial charge in [-0.1, -0.05) is 38.1 Å². The SMILES string of the molecule is CC(CC1CCCc2ccccc21)C(C)C(=O)O. The molecule has 0 fully saturated rings. The molecular weight excluding hydrogens is 224 g/mol. The molecular formula is C16H22O2. The summed E-state index contributed by atoms with van der Waals surface area (Å²) in [7, 11) is 0. The van der Waals surface area contributed by atoms with Crippen LogP contribution < -0.4 is 0 Å². The van der Waals surface area contributed by atoms with Gasteiger partial charge in [0.2, 0.25) is 0 Å². The van der Waals surface area contributed by atoms with E-state index >= 15 is 0 Å². The van der Waals surface area contributed by atoms with Gasteiger partial charge in [0.05, 0.1) is 5.92 Å². The molecule has 3 unspecified atom stereocenters. The third kappa shape index (κ3) is 2.74. The molecule has 98 valence electrons. The van der Waals surface area contributed by atoms with Crippen LogP contribution in [0.15, 0.2) is 24.3 Å². The maximum Gasteiger partial charge on any atom is 0.306 e. The van der Waals surface area contributed by atoms with Crippen molar-refractivity contribution in [2.45, 2.75) is 45.4 Å². The van der Waals surface area contributed by atoms with E-state index in [1.165, 1.54) is 30.4 Å². The van der Waals surface area contributed by atoms with Crippen molar-refractivity contribution in [1.29, 1.82) is 0 Å². The van der Waals surface area contributed by atoms with Crippen molar-refractivity contribution in [2.24, 2.45) is 11.8 Å². The van der Waals surface area contributed by atoms with Crippen LogP contribution in [0.3, 0.4) is 0 Å². The highest BCUT2D eigenvalue weighted by Crippen LogP contribution is 2.37. The zero-order valence-electron chi connectivity index (χ0n) is 11.2. The molecule has 3 atom stereocenters. The maximum atomic E-state index is 11.0. The highest BCUT2D eigenvalue weighted by Gasteiger charge is 2.26. The summed E-state index contributed by atoms with van der Waals surface area (Å²) in [6.45, 7) is 3.89. The standard InChI is InChI=1S/C16H22O2/c1-11(12(2)16(17)18)10-14-8-5-7-13-6-3-4-9-15(13)14/h3-4,6,9,11-12,14H,5,7-8,10H2,1-2H3,(H,17,18). The van der Waals surface area contributed by atoms with E-state index in [0.717, 1.165) is 6.42 Å². The zero-order valence-corrected chi connectivity index (χ0v) is 11.2. The van der Waals surface area contributed by atoms with Crippen LogP contribution in [-0.4, -0.2) is 11.1 Å². The summed E-state index contributed by atoms with van der Waals surface area (Å²) in [4.78, 5) is 11.0. The topological polar surface area (TPSA) is 37.3 Å². The molecule has 1 aromatic rings. The number of rotatable bonds is 4. The Morgan fingerprint density at radius 2 is 2.11 bits per heavy atom. The van der Waals surface area contributed by atoms with Crippen molar-refractivity contribution >= 4 is 5.97 Å². The number of fused-ring (bicyclic) bond motifs is 1. The molecule has 1 aromatic carbocycles. The number of carbonyl (C=O) groups is 1. The van der Waals surface area contributed by atoms with Crippen LogP contribution in [0.2, 0.25) is 0 Å². The van der Waals surface area contributed by atoms with Crippen LogP contribution in [0.1, 0.15) is 50.2 Å². The van der Waals surface area contributed by atoms with Gasteiger partial charge in [-0.2, -0.15) is 0 Å². The Bertz CT molecular complexity index is 425. The lowest BCUT2D eigenvalue weighted by atomic mass is 9.76. The summed E-state index contributed by atoms with van der Waals surface area (Å²) in [5.74, 6) is -0.143. The van der Waals surface area contributed by atoms with E-state index in [1.54, 1.807) is 0 Å². The number of carboxylic acids is 1. The second-order valence-corrected chi connectivity index (χ2v) is 5.63. The Morgan fingerprint density at radius 1 is 1.39 bits per heavy atom. The van der Waals surface area contributed by atoms with Crippen molar-refractivity contribution in [3.63, 3.8) is 0 Å². The van der Waals surface area contributed by atoms with Crippen LogP contribution in [0, 0.1) is 11.8 Å². The molecule has 0 saturated heterocycles. The summed E-state index contributed by atoms with van der Waals surface area (Å²) in [5.41, 5.74) is 2.91. The lowest BCUT2D eigenvalue weighted by Crippen LogP contribution is -2.21. The van der Waals surface area contributed by atoms with Gasteiger partial charge in [0.1, 0.15) is 0 Å². The molecule has 0 aromatic heterocycles. The molecule has 0 amide bonds. The van der Waals surface area contributed by atoms with Gasteiger partial charge in [0.15, 0.2) is 0 Å². The maximum absolute atomic E-state index is 11.0. The van der Waals surface area contributed by atoms with Crippen molar-refractivity contribution in [2.75, 3.05) is 0 Å².